The van der Waals surface area contributed by atoms with Crippen molar-refractivity contribution in [3.05, 3.63) is 5.69 Å². The van der Waals surface area contributed by atoms with Gasteiger partial charge in [0.1, 0.15) is 5.52 Å². The largest absolute Gasteiger partial charge is 0.369 e. The number of aromatic nitrogens is 4. The average molecular weight is 250 g/mol. The van der Waals surface area contributed by atoms with Gasteiger partial charge in [-0.15, -0.1) is 0 Å². The molecule has 0 aliphatic carbocycles. The Hall–Kier alpha value is -2.05. The average Bonchev–Trinajstić information content (AvgIpc) is 2.84. The molecular formula is C11H18N6O. The molecule has 0 aromatic carbocycles. The molecule has 2 aromatic rings. The summed E-state index contributed by atoms with van der Waals surface area (Å²) in [5, 5.41) is 6.98. The summed E-state index contributed by atoms with van der Waals surface area (Å²) in [6, 6.07) is 0. The van der Waals surface area contributed by atoms with Crippen molar-refractivity contribution in [2.45, 2.75) is 26.3 Å². The zero-order chi connectivity index (χ0) is 13.3. The number of anilines is 1. The fourth-order valence-corrected chi connectivity index (χ4v) is 2.06. The van der Waals surface area contributed by atoms with E-state index in [0.29, 0.717) is 18.9 Å². The number of nitrogen functional groups attached to an aromatic ring is 1. The molecule has 2 rings (SSSR count). The smallest absolute Gasteiger partial charge is 0.221 e. The fourth-order valence-electron chi connectivity index (χ4n) is 2.06. The number of hydrogen-bond acceptors (Lipinski definition) is 4. The van der Waals surface area contributed by atoms with Gasteiger partial charge in [0.2, 0.25) is 11.9 Å². The fraction of sp³-hybridized carbons (Fsp3) is 0.545. The van der Waals surface area contributed by atoms with E-state index in [2.05, 4.69) is 15.4 Å². The van der Waals surface area contributed by atoms with Crippen LogP contribution in [0.1, 0.15) is 19.0 Å². The number of carbonyl (C=O) groups is 1. The molecule has 2 heterocycles. The Bertz CT molecular complexity index is 582. The van der Waals surface area contributed by atoms with E-state index in [0.717, 1.165) is 23.3 Å². The van der Waals surface area contributed by atoms with E-state index in [1.165, 1.54) is 0 Å². The molecule has 1 amide bonds. The van der Waals surface area contributed by atoms with Gasteiger partial charge in [-0.25, -0.2) is 4.98 Å². The molecule has 0 bridgehead atoms. The minimum absolute atomic E-state index is 0.0193. The van der Waals surface area contributed by atoms with Gasteiger partial charge in [0.25, 0.3) is 0 Å². The number of imidazole rings is 1. The van der Waals surface area contributed by atoms with Crippen molar-refractivity contribution in [3.8, 4) is 0 Å². The summed E-state index contributed by atoms with van der Waals surface area (Å²) in [4.78, 5) is 15.6. The van der Waals surface area contributed by atoms with Crippen LogP contribution in [-0.4, -0.2) is 32.3 Å². The van der Waals surface area contributed by atoms with Crippen LogP contribution in [-0.2, 0) is 24.8 Å². The maximum absolute atomic E-state index is 11.3. The molecule has 0 atom stereocenters. The van der Waals surface area contributed by atoms with E-state index < -0.39 is 0 Å². The molecule has 3 N–H and O–H groups in total. The lowest BCUT2D eigenvalue weighted by Crippen LogP contribution is -2.20. The van der Waals surface area contributed by atoms with Crippen molar-refractivity contribution in [2.24, 2.45) is 7.05 Å². The highest BCUT2D eigenvalue weighted by Crippen LogP contribution is 2.21. The minimum Gasteiger partial charge on any atom is -0.369 e. The van der Waals surface area contributed by atoms with E-state index in [-0.39, 0.29) is 5.91 Å². The first-order valence-corrected chi connectivity index (χ1v) is 5.96. The predicted octanol–water partition coefficient (Wildman–Crippen LogP) is 0.0505. The Morgan fingerprint density at radius 2 is 2.22 bits per heavy atom. The number of nitrogens with zero attached hydrogens (tertiary/aromatic N) is 4. The quantitative estimate of drug-likeness (QED) is 0.802. The number of rotatable bonds is 4. The lowest BCUT2D eigenvalue weighted by Gasteiger charge is -2.05. The molecule has 7 heteroatoms. The van der Waals surface area contributed by atoms with Crippen molar-refractivity contribution < 1.29 is 4.79 Å². The highest BCUT2D eigenvalue weighted by molar-refractivity contribution is 5.79. The molecule has 0 aliphatic heterocycles. The second-order valence-electron chi connectivity index (χ2n) is 4.14. The monoisotopic (exact) mass is 250 g/mol. The van der Waals surface area contributed by atoms with Gasteiger partial charge in [0.15, 0.2) is 5.65 Å². The topological polar surface area (TPSA) is 90.8 Å². The second kappa shape index (κ2) is 4.67. The standard InChI is InChI=1S/C11H18N6O/c1-4-7-9-10(16(3)15-7)17(11(12)14-9)6-5-8(18)13-2/h4-6H2,1-3H3,(H2,12,14)(H,13,18). The molecule has 0 saturated carbocycles. The van der Waals surface area contributed by atoms with Crippen LogP contribution in [0.3, 0.4) is 0 Å². The van der Waals surface area contributed by atoms with Crippen LogP contribution in [0.2, 0.25) is 0 Å². The summed E-state index contributed by atoms with van der Waals surface area (Å²) < 4.78 is 3.60. The van der Waals surface area contributed by atoms with Gasteiger partial charge in [0.05, 0.1) is 5.69 Å². The number of hydrogen-bond donors (Lipinski definition) is 2. The Morgan fingerprint density at radius 3 is 2.83 bits per heavy atom. The molecule has 98 valence electrons. The number of carbonyl (C=O) groups excluding carboxylic acids is 1. The summed E-state index contributed by atoms with van der Waals surface area (Å²) in [7, 11) is 3.48. The molecular weight excluding hydrogens is 232 g/mol. The first-order valence-electron chi connectivity index (χ1n) is 5.96. The summed E-state index contributed by atoms with van der Waals surface area (Å²) in [5.74, 6) is 0.408. The third-order valence-electron chi connectivity index (χ3n) is 3.00. The highest BCUT2D eigenvalue weighted by Gasteiger charge is 2.17. The van der Waals surface area contributed by atoms with Crippen LogP contribution in [0.5, 0.6) is 0 Å². The SMILES string of the molecule is CCc1nn(C)c2c1nc(N)n2CCC(=O)NC. The van der Waals surface area contributed by atoms with Gasteiger partial charge < -0.3 is 11.1 Å². The summed E-state index contributed by atoms with van der Waals surface area (Å²) in [6.07, 6.45) is 1.18. The molecule has 0 spiro atoms. The molecule has 18 heavy (non-hydrogen) atoms. The Balaban J connectivity index is 2.40. The maximum atomic E-state index is 11.3. The third-order valence-corrected chi connectivity index (χ3v) is 3.00. The van der Waals surface area contributed by atoms with Gasteiger partial charge in [0, 0.05) is 27.1 Å². The second-order valence-corrected chi connectivity index (χ2v) is 4.14. The maximum Gasteiger partial charge on any atom is 0.221 e. The molecule has 2 aromatic heterocycles. The summed E-state index contributed by atoms with van der Waals surface area (Å²) in [5.41, 5.74) is 8.52. The number of nitrogens with one attached hydrogen (secondary N) is 1. The zero-order valence-electron chi connectivity index (χ0n) is 10.9. The van der Waals surface area contributed by atoms with Crippen LogP contribution in [0.25, 0.3) is 11.2 Å². The number of fused-ring (bicyclic) bond motifs is 1. The molecule has 0 saturated heterocycles. The van der Waals surface area contributed by atoms with Crippen molar-refractivity contribution in [2.75, 3.05) is 12.8 Å². The van der Waals surface area contributed by atoms with Gasteiger partial charge in [-0.1, -0.05) is 6.92 Å². The molecule has 0 unspecified atom stereocenters. The first kappa shape index (κ1) is 12.4. The first-order chi connectivity index (χ1) is 8.58. The summed E-state index contributed by atoms with van der Waals surface area (Å²) >= 11 is 0. The van der Waals surface area contributed by atoms with Crippen LogP contribution in [0, 0.1) is 0 Å². The Labute approximate surface area is 105 Å². The van der Waals surface area contributed by atoms with E-state index in [1.54, 1.807) is 11.7 Å². The minimum atomic E-state index is -0.0193. The van der Waals surface area contributed by atoms with Crippen LogP contribution < -0.4 is 11.1 Å². The van der Waals surface area contributed by atoms with Gasteiger partial charge in [-0.05, 0) is 6.42 Å². The number of amides is 1. The number of nitrogens with two attached hydrogens (primary N) is 1. The highest BCUT2D eigenvalue weighted by atomic mass is 16.1. The van der Waals surface area contributed by atoms with Crippen molar-refractivity contribution in [3.63, 3.8) is 0 Å². The van der Waals surface area contributed by atoms with E-state index in [4.69, 9.17) is 5.73 Å². The van der Waals surface area contributed by atoms with Crippen molar-refractivity contribution in [1.29, 1.82) is 0 Å². The Morgan fingerprint density at radius 1 is 1.50 bits per heavy atom. The Kier molecular flexibility index (Phi) is 3.22. The van der Waals surface area contributed by atoms with E-state index >= 15 is 0 Å². The lowest BCUT2D eigenvalue weighted by molar-refractivity contribution is -0.120. The van der Waals surface area contributed by atoms with E-state index in [1.807, 2.05) is 18.5 Å². The van der Waals surface area contributed by atoms with Crippen LogP contribution in [0.15, 0.2) is 0 Å². The number of aryl methyl sites for hydroxylation is 3. The van der Waals surface area contributed by atoms with Crippen molar-refractivity contribution >= 4 is 23.0 Å². The molecule has 0 aliphatic rings. The van der Waals surface area contributed by atoms with Gasteiger partial charge in [-0.3, -0.25) is 14.0 Å². The zero-order valence-corrected chi connectivity index (χ0v) is 10.9. The van der Waals surface area contributed by atoms with Gasteiger partial charge >= 0.3 is 0 Å². The molecule has 0 fully saturated rings. The lowest BCUT2D eigenvalue weighted by atomic mass is 10.3. The molecule has 7 nitrogen and oxygen atoms in total. The van der Waals surface area contributed by atoms with E-state index in [9.17, 15) is 4.79 Å². The van der Waals surface area contributed by atoms with Crippen LogP contribution in [0.4, 0.5) is 5.95 Å². The molecule has 0 radical (unpaired) electrons. The van der Waals surface area contributed by atoms with Gasteiger partial charge in [-0.2, -0.15) is 5.10 Å². The summed E-state index contributed by atoms with van der Waals surface area (Å²) in [6.45, 7) is 2.53. The van der Waals surface area contributed by atoms with Crippen molar-refractivity contribution in [1.82, 2.24) is 24.6 Å². The van der Waals surface area contributed by atoms with Crippen LogP contribution >= 0.6 is 0 Å². The third kappa shape index (κ3) is 1.92. The normalized spacial score (nSPS) is 11.1. The predicted molar refractivity (Wildman–Crippen MR) is 69.0 cm³/mol.